The third-order valence-electron chi connectivity index (χ3n) is 2.95. The van der Waals surface area contributed by atoms with Crippen LogP contribution in [0, 0.1) is 10.1 Å². The van der Waals surface area contributed by atoms with Gasteiger partial charge in [0, 0.05) is 24.4 Å². The van der Waals surface area contributed by atoms with Crippen molar-refractivity contribution in [1.29, 1.82) is 0 Å². The van der Waals surface area contributed by atoms with Crippen LogP contribution >= 0.6 is 0 Å². The van der Waals surface area contributed by atoms with Crippen LogP contribution in [0.1, 0.15) is 0 Å². The van der Waals surface area contributed by atoms with Crippen LogP contribution < -0.4 is 5.43 Å². The molecule has 0 unspecified atom stereocenters. The highest BCUT2D eigenvalue weighted by Gasteiger charge is 2.22. The van der Waals surface area contributed by atoms with Gasteiger partial charge in [-0.15, -0.1) is 0 Å². The van der Waals surface area contributed by atoms with Gasteiger partial charge in [-0.3, -0.25) is 14.9 Å². The van der Waals surface area contributed by atoms with Crippen molar-refractivity contribution in [3.05, 3.63) is 50.8 Å². The van der Waals surface area contributed by atoms with Gasteiger partial charge >= 0.3 is 5.69 Å². The lowest BCUT2D eigenvalue weighted by atomic mass is 10.1. The van der Waals surface area contributed by atoms with E-state index in [-0.39, 0.29) is 22.7 Å². The zero-order valence-electron chi connectivity index (χ0n) is 11.3. The molecule has 0 radical (unpaired) electrons. The average molecular weight is 316 g/mol. The zero-order chi connectivity index (χ0) is 16.6. The molecule has 23 heavy (non-hydrogen) atoms. The van der Waals surface area contributed by atoms with Gasteiger partial charge in [-0.05, 0) is 6.07 Å². The second-order valence-corrected chi connectivity index (χ2v) is 4.48. The van der Waals surface area contributed by atoms with E-state index < -0.39 is 22.1 Å². The number of aromatic hydroxyl groups is 2. The van der Waals surface area contributed by atoms with Gasteiger partial charge in [-0.1, -0.05) is 5.16 Å². The summed E-state index contributed by atoms with van der Waals surface area (Å²) >= 11 is 0. The minimum atomic E-state index is -0.857. The minimum Gasteiger partial charge on any atom is -0.504 e. The Morgan fingerprint density at radius 1 is 1.26 bits per heavy atom. The van der Waals surface area contributed by atoms with E-state index in [1.165, 1.54) is 18.3 Å². The molecule has 0 spiro atoms. The zero-order valence-corrected chi connectivity index (χ0v) is 11.3. The first kappa shape index (κ1) is 14.3. The molecular formula is C13H8N4O6. The molecule has 0 saturated heterocycles. The number of nitrogens with zero attached hydrogens (tertiary/aromatic N) is 3. The quantitative estimate of drug-likeness (QED) is 0.372. The first-order valence-electron chi connectivity index (χ1n) is 6.19. The summed E-state index contributed by atoms with van der Waals surface area (Å²) in [5, 5.41) is 33.5. The van der Waals surface area contributed by atoms with Crippen LogP contribution in [0.5, 0.6) is 11.5 Å². The minimum absolute atomic E-state index is 0.0454. The fourth-order valence-electron chi connectivity index (χ4n) is 1.89. The maximum Gasteiger partial charge on any atom is 0.315 e. The predicted molar refractivity (Wildman–Crippen MR) is 75.8 cm³/mol. The Morgan fingerprint density at radius 2 is 2.04 bits per heavy atom. The van der Waals surface area contributed by atoms with Crippen molar-refractivity contribution in [3.8, 4) is 34.5 Å². The van der Waals surface area contributed by atoms with E-state index in [4.69, 9.17) is 4.52 Å². The maximum absolute atomic E-state index is 11.3. The molecule has 3 rings (SSSR count). The number of aromatic amines is 1. The number of hydrogen-bond acceptors (Lipinski definition) is 8. The molecule has 0 saturated carbocycles. The van der Waals surface area contributed by atoms with Crippen LogP contribution in [-0.2, 0) is 0 Å². The summed E-state index contributed by atoms with van der Waals surface area (Å²) in [6.45, 7) is 0. The molecule has 0 aliphatic rings. The first-order valence-corrected chi connectivity index (χ1v) is 6.19. The summed E-state index contributed by atoms with van der Waals surface area (Å²) in [6.07, 6.45) is 1.41. The van der Waals surface area contributed by atoms with E-state index in [2.05, 4.69) is 15.1 Å². The molecule has 116 valence electrons. The summed E-state index contributed by atoms with van der Waals surface area (Å²) in [7, 11) is 0. The first-order chi connectivity index (χ1) is 11.0. The number of nitrogens with one attached hydrogen (secondary N) is 1. The van der Waals surface area contributed by atoms with Crippen molar-refractivity contribution in [2.45, 2.75) is 0 Å². The van der Waals surface area contributed by atoms with E-state index >= 15 is 0 Å². The van der Waals surface area contributed by atoms with Crippen LogP contribution in [0.25, 0.3) is 23.0 Å². The van der Waals surface area contributed by atoms with E-state index in [0.717, 1.165) is 12.1 Å². The van der Waals surface area contributed by atoms with Gasteiger partial charge in [0.1, 0.15) is 0 Å². The van der Waals surface area contributed by atoms with Crippen LogP contribution in [0.2, 0.25) is 0 Å². The Balaban J connectivity index is 2.07. The predicted octanol–water partition coefficient (Wildman–Crippen LogP) is 1.41. The largest absolute Gasteiger partial charge is 0.504 e. The van der Waals surface area contributed by atoms with Crippen molar-refractivity contribution >= 4 is 5.69 Å². The second kappa shape index (κ2) is 5.26. The normalized spacial score (nSPS) is 10.6. The number of phenols is 2. The van der Waals surface area contributed by atoms with Gasteiger partial charge in [-0.25, -0.2) is 0 Å². The molecule has 2 heterocycles. The molecule has 0 bridgehead atoms. The molecule has 10 nitrogen and oxygen atoms in total. The van der Waals surface area contributed by atoms with E-state index in [1.54, 1.807) is 0 Å². The Kier molecular flexibility index (Phi) is 3.26. The Bertz CT molecular complexity index is 961. The molecule has 3 aromatic rings. The van der Waals surface area contributed by atoms with Gasteiger partial charge in [0.2, 0.25) is 11.6 Å². The molecule has 0 aliphatic heterocycles. The lowest BCUT2D eigenvalue weighted by Gasteiger charge is -2.01. The molecule has 3 N–H and O–H groups in total. The number of benzene rings is 1. The van der Waals surface area contributed by atoms with Gasteiger partial charge in [0.15, 0.2) is 11.2 Å². The molecule has 1 aromatic carbocycles. The summed E-state index contributed by atoms with van der Waals surface area (Å²) in [5.41, 5.74) is -0.620. The lowest BCUT2D eigenvalue weighted by Crippen LogP contribution is -1.98. The van der Waals surface area contributed by atoms with E-state index in [0.29, 0.717) is 5.69 Å². The van der Waals surface area contributed by atoms with Crippen molar-refractivity contribution < 1.29 is 19.7 Å². The third kappa shape index (κ3) is 2.60. The Morgan fingerprint density at radius 3 is 2.74 bits per heavy atom. The smallest absolute Gasteiger partial charge is 0.315 e. The number of nitro benzene ring substituents is 1. The molecule has 2 aromatic heterocycles. The highest BCUT2D eigenvalue weighted by molar-refractivity contribution is 5.68. The maximum atomic E-state index is 11.3. The van der Waals surface area contributed by atoms with Crippen LogP contribution in [0.3, 0.4) is 0 Å². The number of pyridine rings is 1. The topological polar surface area (TPSA) is 155 Å². The number of H-pyrrole nitrogens is 1. The standard InChI is InChI=1S/C13H8N4O6/c18-7-1-2-14-8(5-7)12-15-13(23-16-12)6-3-9(17(21)22)11(20)10(19)4-6/h1-5,19-20H,(H,14,18). The monoisotopic (exact) mass is 316 g/mol. The molecule has 0 amide bonds. The third-order valence-corrected chi connectivity index (χ3v) is 2.95. The molecule has 0 fully saturated rings. The number of nitro groups is 1. The van der Waals surface area contributed by atoms with Crippen molar-refractivity contribution in [1.82, 2.24) is 15.1 Å². The Hall–Kier alpha value is -3.69. The number of aromatic nitrogens is 3. The second-order valence-electron chi connectivity index (χ2n) is 4.48. The fraction of sp³-hybridized carbons (Fsp3) is 0. The SMILES string of the molecule is O=c1cc[nH]c(-c2noc(-c3cc(O)c(O)c([N+](=O)[O-])c3)n2)c1. The highest BCUT2D eigenvalue weighted by Crippen LogP contribution is 2.39. The molecular weight excluding hydrogens is 308 g/mol. The van der Waals surface area contributed by atoms with E-state index in [9.17, 15) is 25.1 Å². The van der Waals surface area contributed by atoms with Gasteiger partial charge in [-0.2, -0.15) is 4.98 Å². The van der Waals surface area contributed by atoms with Gasteiger partial charge in [0.05, 0.1) is 16.2 Å². The number of phenolic OH excluding ortho intramolecular Hbond substituents is 2. The van der Waals surface area contributed by atoms with Crippen LogP contribution in [-0.4, -0.2) is 30.3 Å². The number of rotatable bonds is 3. The summed E-state index contributed by atoms with van der Waals surface area (Å²) < 4.78 is 4.98. The summed E-state index contributed by atoms with van der Waals surface area (Å²) in [5.74, 6) is -1.61. The summed E-state index contributed by atoms with van der Waals surface area (Å²) in [6, 6.07) is 4.60. The van der Waals surface area contributed by atoms with Crippen molar-refractivity contribution in [2.24, 2.45) is 0 Å². The Labute approximate surface area is 126 Å². The van der Waals surface area contributed by atoms with Crippen LogP contribution in [0.15, 0.2) is 39.8 Å². The van der Waals surface area contributed by atoms with Crippen molar-refractivity contribution in [2.75, 3.05) is 0 Å². The van der Waals surface area contributed by atoms with Gasteiger partial charge in [0.25, 0.3) is 5.89 Å². The molecule has 0 aliphatic carbocycles. The van der Waals surface area contributed by atoms with E-state index in [1.807, 2.05) is 0 Å². The average Bonchev–Trinajstić information content (AvgIpc) is 2.99. The fourth-order valence-corrected chi connectivity index (χ4v) is 1.89. The van der Waals surface area contributed by atoms with Crippen molar-refractivity contribution in [3.63, 3.8) is 0 Å². The summed E-state index contributed by atoms with van der Waals surface area (Å²) in [4.78, 5) is 28.1. The number of hydrogen-bond donors (Lipinski definition) is 3. The van der Waals surface area contributed by atoms with Gasteiger partial charge < -0.3 is 19.7 Å². The lowest BCUT2D eigenvalue weighted by molar-refractivity contribution is -0.385. The highest BCUT2D eigenvalue weighted by atomic mass is 16.6. The molecule has 0 atom stereocenters. The molecule has 10 heteroatoms. The van der Waals surface area contributed by atoms with Crippen LogP contribution in [0.4, 0.5) is 5.69 Å².